The standard InChI is InChI=1S/C19H24N2O3/c1-14-10-16(12-21-18(22)24-19(2,3)4)11-20-17(14)23-13-15-8-6-5-7-9-15/h5-11H,12-13H2,1-4H3,(H,21,22). The van der Waals surface area contributed by atoms with Crippen molar-refractivity contribution < 1.29 is 14.3 Å². The molecule has 0 atom stereocenters. The number of alkyl carbamates (subject to hydrolysis) is 1. The van der Waals surface area contributed by atoms with Gasteiger partial charge in [-0.1, -0.05) is 30.3 Å². The van der Waals surface area contributed by atoms with Crippen molar-refractivity contribution in [3.63, 3.8) is 0 Å². The molecule has 0 aliphatic rings. The molecule has 0 radical (unpaired) electrons. The number of carbonyl (C=O) groups excluding carboxylic acids is 1. The molecule has 0 aliphatic heterocycles. The highest BCUT2D eigenvalue weighted by atomic mass is 16.6. The Bertz CT molecular complexity index is 679. The summed E-state index contributed by atoms with van der Waals surface area (Å²) in [5.41, 5.74) is 2.40. The molecule has 0 saturated carbocycles. The first-order valence-electron chi connectivity index (χ1n) is 7.92. The van der Waals surface area contributed by atoms with Gasteiger partial charge >= 0.3 is 6.09 Å². The van der Waals surface area contributed by atoms with Crippen LogP contribution in [0.25, 0.3) is 0 Å². The second kappa shape index (κ2) is 7.81. The van der Waals surface area contributed by atoms with Gasteiger partial charge in [0.15, 0.2) is 0 Å². The van der Waals surface area contributed by atoms with Gasteiger partial charge in [0.2, 0.25) is 5.88 Å². The molecule has 1 aromatic heterocycles. The Kier molecular flexibility index (Phi) is 5.79. The Morgan fingerprint density at radius 2 is 1.88 bits per heavy atom. The molecule has 0 fully saturated rings. The highest BCUT2D eigenvalue weighted by Gasteiger charge is 2.15. The Hall–Kier alpha value is -2.56. The van der Waals surface area contributed by atoms with Crippen LogP contribution in [-0.2, 0) is 17.9 Å². The van der Waals surface area contributed by atoms with E-state index in [0.717, 1.165) is 16.7 Å². The monoisotopic (exact) mass is 328 g/mol. The number of ether oxygens (including phenoxy) is 2. The van der Waals surface area contributed by atoms with Gasteiger partial charge in [-0.25, -0.2) is 9.78 Å². The summed E-state index contributed by atoms with van der Waals surface area (Å²) in [5, 5.41) is 2.72. The second-order valence-corrected chi connectivity index (χ2v) is 6.60. The quantitative estimate of drug-likeness (QED) is 0.901. The zero-order valence-electron chi connectivity index (χ0n) is 14.6. The van der Waals surface area contributed by atoms with Crippen molar-refractivity contribution >= 4 is 6.09 Å². The van der Waals surface area contributed by atoms with Crippen molar-refractivity contribution in [3.05, 3.63) is 59.3 Å². The molecule has 24 heavy (non-hydrogen) atoms. The maximum atomic E-state index is 11.7. The molecule has 1 amide bonds. The van der Waals surface area contributed by atoms with Gasteiger partial charge in [0.25, 0.3) is 0 Å². The molecule has 0 saturated heterocycles. The molecule has 0 bridgehead atoms. The predicted molar refractivity (Wildman–Crippen MR) is 92.8 cm³/mol. The lowest BCUT2D eigenvalue weighted by molar-refractivity contribution is 0.0523. The fourth-order valence-corrected chi connectivity index (χ4v) is 2.08. The Balaban J connectivity index is 1.88. The van der Waals surface area contributed by atoms with Gasteiger partial charge in [-0.05, 0) is 44.9 Å². The third-order valence-corrected chi connectivity index (χ3v) is 3.14. The van der Waals surface area contributed by atoms with Crippen LogP contribution in [0.1, 0.15) is 37.5 Å². The summed E-state index contributed by atoms with van der Waals surface area (Å²) in [7, 11) is 0. The fraction of sp³-hybridized carbons (Fsp3) is 0.368. The lowest BCUT2D eigenvalue weighted by Crippen LogP contribution is -2.32. The summed E-state index contributed by atoms with van der Waals surface area (Å²) in [5.74, 6) is 0.597. The third kappa shape index (κ3) is 5.91. The van der Waals surface area contributed by atoms with Crippen LogP contribution in [0.3, 0.4) is 0 Å². The molecule has 128 valence electrons. The van der Waals surface area contributed by atoms with Crippen LogP contribution in [0, 0.1) is 6.92 Å². The number of hydrogen-bond acceptors (Lipinski definition) is 4. The Labute approximate surface area is 143 Å². The number of amides is 1. The van der Waals surface area contributed by atoms with Gasteiger partial charge in [0.1, 0.15) is 12.2 Å². The van der Waals surface area contributed by atoms with E-state index < -0.39 is 11.7 Å². The molecule has 1 N–H and O–H groups in total. The summed E-state index contributed by atoms with van der Waals surface area (Å²) in [6.45, 7) is 8.27. The first-order valence-corrected chi connectivity index (χ1v) is 7.92. The zero-order valence-corrected chi connectivity index (χ0v) is 14.6. The number of pyridine rings is 1. The Morgan fingerprint density at radius 3 is 2.50 bits per heavy atom. The smallest absolute Gasteiger partial charge is 0.407 e. The van der Waals surface area contributed by atoms with Crippen LogP contribution in [0.5, 0.6) is 5.88 Å². The van der Waals surface area contributed by atoms with Gasteiger partial charge in [-0.15, -0.1) is 0 Å². The molecule has 2 aromatic rings. The Morgan fingerprint density at radius 1 is 1.17 bits per heavy atom. The van der Waals surface area contributed by atoms with Gasteiger partial charge in [0.05, 0.1) is 0 Å². The number of aromatic nitrogens is 1. The molecular weight excluding hydrogens is 304 g/mol. The van der Waals surface area contributed by atoms with Gasteiger partial charge in [-0.2, -0.15) is 0 Å². The molecule has 0 spiro atoms. The minimum atomic E-state index is -0.507. The van der Waals surface area contributed by atoms with Crippen molar-refractivity contribution in [2.45, 2.75) is 46.4 Å². The summed E-state index contributed by atoms with van der Waals surface area (Å²) in [4.78, 5) is 16.0. The molecule has 2 rings (SSSR count). The van der Waals surface area contributed by atoms with Crippen molar-refractivity contribution in [1.82, 2.24) is 10.3 Å². The molecule has 5 heteroatoms. The number of hydrogen-bond donors (Lipinski definition) is 1. The van der Waals surface area contributed by atoms with Crippen molar-refractivity contribution in [1.29, 1.82) is 0 Å². The van der Waals surface area contributed by atoms with E-state index in [1.54, 1.807) is 6.20 Å². The van der Waals surface area contributed by atoms with Crippen LogP contribution < -0.4 is 10.1 Å². The largest absolute Gasteiger partial charge is 0.473 e. The van der Waals surface area contributed by atoms with Crippen LogP contribution in [0.2, 0.25) is 0 Å². The lowest BCUT2D eigenvalue weighted by atomic mass is 10.2. The van der Waals surface area contributed by atoms with Gasteiger partial charge < -0.3 is 14.8 Å². The minimum Gasteiger partial charge on any atom is -0.473 e. The number of rotatable bonds is 5. The summed E-state index contributed by atoms with van der Waals surface area (Å²) in [6.07, 6.45) is 1.26. The van der Waals surface area contributed by atoms with E-state index >= 15 is 0 Å². The van der Waals surface area contributed by atoms with Crippen LogP contribution in [0.15, 0.2) is 42.6 Å². The highest BCUT2D eigenvalue weighted by molar-refractivity contribution is 5.67. The van der Waals surface area contributed by atoms with E-state index in [4.69, 9.17) is 9.47 Å². The van der Waals surface area contributed by atoms with Crippen LogP contribution in [-0.4, -0.2) is 16.7 Å². The zero-order chi connectivity index (χ0) is 17.6. The maximum absolute atomic E-state index is 11.7. The van der Waals surface area contributed by atoms with E-state index in [9.17, 15) is 4.79 Å². The van der Waals surface area contributed by atoms with E-state index in [-0.39, 0.29) is 0 Å². The molecule has 5 nitrogen and oxygen atoms in total. The summed E-state index contributed by atoms with van der Waals surface area (Å²) < 4.78 is 11.0. The van der Waals surface area contributed by atoms with E-state index in [1.807, 2.05) is 64.1 Å². The number of nitrogens with one attached hydrogen (secondary N) is 1. The van der Waals surface area contributed by atoms with Gasteiger partial charge in [0, 0.05) is 18.3 Å². The summed E-state index contributed by atoms with van der Waals surface area (Å²) in [6, 6.07) is 11.9. The molecule has 0 aliphatic carbocycles. The predicted octanol–water partition coefficient (Wildman–Crippen LogP) is 3.99. The average Bonchev–Trinajstić information content (AvgIpc) is 2.51. The van der Waals surface area contributed by atoms with E-state index in [2.05, 4.69) is 10.3 Å². The van der Waals surface area contributed by atoms with Crippen LogP contribution in [0.4, 0.5) is 4.79 Å². The highest BCUT2D eigenvalue weighted by Crippen LogP contribution is 2.17. The number of nitrogens with zero attached hydrogens (tertiary/aromatic N) is 1. The molecular formula is C19H24N2O3. The third-order valence-electron chi connectivity index (χ3n) is 3.14. The van der Waals surface area contributed by atoms with Crippen molar-refractivity contribution in [2.75, 3.05) is 0 Å². The first-order chi connectivity index (χ1) is 11.3. The number of benzene rings is 1. The molecule has 1 heterocycles. The maximum Gasteiger partial charge on any atom is 0.407 e. The van der Waals surface area contributed by atoms with Crippen molar-refractivity contribution in [2.24, 2.45) is 0 Å². The summed E-state index contributed by atoms with van der Waals surface area (Å²) >= 11 is 0. The first kappa shape index (κ1) is 17.8. The normalized spacial score (nSPS) is 11.0. The SMILES string of the molecule is Cc1cc(CNC(=O)OC(C)(C)C)cnc1OCc1ccccc1. The van der Waals surface area contributed by atoms with Crippen LogP contribution >= 0.6 is 0 Å². The number of carbonyl (C=O) groups is 1. The van der Waals surface area contributed by atoms with E-state index in [1.165, 1.54) is 0 Å². The topological polar surface area (TPSA) is 60.5 Å². The molecule has 0 unspecified atom stereocenters. The lowest BCUT2D eigenvalue weighted by Gasteiger charge is -2.19. The number of aryl methyl sites for hydroxylation is 1. The second-order valence-electron chi connectivity index (χ2n) is 6.60. The molecule has 1 aromatic carbocycles. The average molecular weight is 328 g/mol. The fourth-order valence-electron chi connectivity index (χ4n) is 2.08. The van der Waals surface area contributed by atoms with Gasteiger partial charge in [-0.3, -0.25) is 0 Å². The minimum absolute atomic E-state index is 0.363. The van der Waals surface area contributed by atoms with E-state index in [0.29, 0.717) is 19.0 Å². The van der Waals surface area contributed by atoms with Crippen molar-refractivity contribution in [3.8, 4) is 5.88 Å².